The van der Waals surface area contributed by atoms with Gasteiger partial charge in [0.1, 0.15) is 13.2 Å². The molecule has 0 bridgehead atoms. The van der Waals surface area contributed by atoms with Gasteiger partial charge in [0.15, 0.2) is 6.10 Å². The van der Waals surface area contributed by atoms with Crippen molar-refractivity contribution in [2.75, 3.05) is 13.2 Å². The van der Waals surface area contributed by atoms with Crippen molar-refractivity contribution in [1.29, 1.82) is 0 Å². The summed E-state index contributed by atoms with van der Waals surface area (Å²) in [5.41, 5.74) is 0. The van der Waals surface area contributed by atoms with Crippen LogP contribution in [0.25, 0.3) is 0 Å². The van der Waals surface area contributed by atoms with Crippen molar-refractivity contribution in [3.8, 4) is 0 Å². The van der Waals surface area contributed by atoms with Crippen LogP contribution in [0.15, 0.2) is 85.1 Å². The minimum absolute atomic E-state index is 0.0771. The van der Waals surface area contributed by atoms with E-state index in [1.807, 2.05) is 0 Å². The average molecular weight is 1000 g/mol. The normalized spacial score (nSPS) is 12.7. The lowest BCUT2D eigenvalue weighted by Gasteiger charge is -2.18. The number of carbonyl (C=O) groups excluding carboxylic acids is 3. The van der Waals surface area contributed by atoms with Gasteiger partial charge in [-0.05, 0) is 96.3 Å². The number of allylic oxidation sites excluding steroid dienone is 14. The average Bonchev–Trinajstić information content (AvgIpc) is 3.38. The lowest BCUT2D eigenvalue weighted by atomic mass is 10.0. The van der Waals surface area contributed by atoms with Gasteiger partial charge in [-0.2, -0.15) is 0 Å². The second-order valence-electron chi connectivity index (χ2n) is 20.2. The number of hydrogen-bond acceptors (Lipinski definition) is 6. The minimum Gasteiger partial charge on any atom is -0.462 e. The van der Waals surface area contributed by atoms with E-state index >= 15 is 0 Å². The van der Waals surface area contributed by atoms with Gasteiger partial charge >= 0.3 is 17.9 Å². The summed E-state index contributed by atoms with van der Waals surface area (Å²) in [5.74, 6) is -0.882. The predicted molar refractivity (Wildman–Crippen MR) is 311 cm³/mol. The summed E-state index contributed by atoms with van der Waals surface area (Å²) >= 11 is 0. The van der Waals surface area contributed by atoms with Crippen LogP contribution in [0.4, 0.5) is 0 Å². The summed E-state index contributed by atoms with van der Waals surface area (Å²) in [7, 11) is 0. The van der Waals surface area contributed by atoms with E-state index in [2.05, 4.69) is 106 Å². The van der Waals surface area contributed by atoms with E-state index < -0.39 is 6.10 Å². The summed E-state index contributed by atoms with van der Waals surface area (Å²) in [5, 5.41) is 0. The topological polar surface area (TPSA) is 78.9 Å². The van der Waals surface area contributed by atoms with Gasteiger partial charge in [-0.1, -0.05) is 266 Å². The van der Waals surface area contributed by atoms with Gasteiger partial charge in [0, 0.05) is 19.3 Å². The Morgan fingerprint density at radius 1 is 0.292 bits per heavy atom. The fourth-order valence-corrected chi connectivity index (χ4v) is 8.56. The van der Waals surface area contributed by atoms with Crippen molar-refractivity contribution in [3.05, 3.63) is 85.1 Å². The highest BCUT2D eigenvalue weighted by Gasteiger charge is 2.19. The van der Waals surface area contributed by atoms with Crippen LogP contribution in [0, 0.1) is 0 Å². The molecule has 1 unspecified atom stereocenters. The highest BCUT2D eigenvalue weighted by Crippen LogP contribution is 2.16. The Hall–Kier alpha value is -3.41. The molecule has 0 N–H and O–H groups in total. The van der Waals surface area contributed by atoms with Crippen LogP contribution in [0.5, 0.6) is 0 Å². The van der Waals surface area contributed by atoms with Crippen LogP contribution >= 0.6 is 0 Å². The lowest BCUT2D eigenvalue weighted by molar-refractivity contribution is -0.167. The van der Waals surface area contributed by atoms with Crippen LogP contribution in [-0.4, -0.2) is 37.2 Å². The Kier molecular flexibility index (Phi) is 57.3. The first kappa shape index (κ1) is 68.6. The number of ether oxygens (including phenoxy) is 3. The maximum Gasteiger partial charge on any atom is 0.306 e. The van der Waals surface area contributed by atoms with Gasteiger partial charge < -0.3 is 14.2 Å². The summed E-state index contributed by atoms with van der Waals surface area (Å²) in [4.78, 5) is 38.1. The molecule has 72 heavy (non-hydrogen) atoms. The molecule has 0 aromatic heterocycles. The molecule has 0 fully saturated rings. The van der Waals surface area contributed by atoms with E-state index in [4.69, 9.17) is 14.2 Å². The Labute approximate surface area is 445 Å². The molecule has 0 aromatic carbocycles. The van der Waals surface area contributed by atoms with Gasteiger partial charge in [0.05, 0.1) is 0 Å². The third-order valence-electron chi connectivity index (χ3n) is 13.1. The molecule has 0 aliphatic carbocycles. The number of esters is 3. The molecule has 0 aromatic rings. The Bertz CT molecular complexity index is 1380. The zero-order valence-corrected chi connectivity index (χ0v) is 47.4. The Morgan fingerprint density at radius 2 is 0.542 bits per heavy atom. The number of rotatable bonds is 55. The number of unbranched alkanes of at least 4 members (excludes halogenated alkanes) is 30. The van der Waals surface area contributed by atoms with Gasteiger partial charge in [-0.3, -0.25) is 14.4 Å². The molecule has 0 spiro atoms. The molecule has 0 radical (unpaired) electrons. The van der Waals surface area contributed by atoms with E-state index in [9.17, 15) is 14.4 Å². The summed E-state index contributed by atoms with van der Waals surface area (Å²) < 4.78 is 16.8. The highest BCUT2D eigenvalue weighted by molar-refractivity contribution is 5.71. The maximum atomic E-state index is 12.8. The molecule has 0 amide bonds. The van der Waals surface area contributed by atoms with Crippen LogP contribution in [0.1, 0.15) is 297 Å². The standard InChI is InChI=1S/C66H114O6/c1-4-7-10-13-16-19-21-23-25-27-28-29-30-31-32-33-34-35-36-37-38-40-41-43-45-47-50-53-56-59-65(68)71-62-63(61-70-64(67)58-55-52-49-18-15-12-9-6-3)72-66(69)60-57-54-51-48-46-44-42-39-26-24-22-20-17-14-11-8-5-2/h7,10,16-17,19-20,23-26,28-29,31-32,63H,4-6,8-9,11-15,18,21-22,27,30,33-62H2,1-3H3/b10-7-,19-16-,20-17-,25-23-,26-24-,29-28-,32-31-. The predicted octanol–water partition coefficient (Wildman–Crippen LogP) is 20.7. The third-order valence-corrected chi connectivity index (χ3v) is 13.1. The van der Waals surface area contributed by atoms with Gasteiger partial charge in [0.2, 0.25) is 0 Å². The Morgan fingerprint density at radius 3 is 0.875 bits per heavy atom. The first-order chi connectivity index (χ1) is 35.5. The quantitative estimate of drug-likeness (QED) is 0.0261. The SMILES string of the molecule is CC/C=C\C/C=C\C/C=C\C/C=C\C/C=C\CCCCCCCCCCCCCCCC(=O)OCC(COC(=O)CCCCCCCCCC)OC(=O)CCCCCCCCC/C=C\C/C=C\CCCCC. The second kappa shape index (κ2) is 60.1. The van der Waals surface area contributed by atoms with Crippen molar-refractivity contribution in [2.24, 2.45) is 0 Å². The van der Waals surface area contributed by atoms with E-state index in [1.165, 1.54) is 154 Å². The second-order valence-corrected chi connectivity index (χ2v) is 20.2. The molecule has 414 valence electrons. The number of carbonyl (C=O) groups is 3. The largest absolute Gasteiger partial charge is 0.462 e. The molecule has 0 aliphatic rings. The van der Waals surface area contributed by atoms with Gasteiger partial charge in [-0.15, -0.1) is 0 Å². The molecule has 0 saturated carbocycles. The summed E-state index contributed by atoms with van der Waals surface area (Å²) in [6, 6.07) is 0. The van der Waals surface area contributed by atoms with Crippen LogP contribution in [0.2, 0.25) is 0 Å². The summed E-state index contributed by atoms with van der Waals surface area (Å²) in [6.45, 7) is 6.48. The van der Waals surface area contributed by atoms with Crippen LogP contribution < -0.4 is 0 Å². The van der Waals surface area contributed by atoms with Crippen molar-refractivity contribution < 1.29 is 28.6 Å². The molecule has 0 rings (SSSR count). The van der Waals surface area contributed by atoms with E-state index in [1.54, 1.807) is 0 Å². The lowest BCUT2D eigenvalue weighted by Crippen LogP contribution is -2.30. The Balaban J connectivity index is 4.14. The van der Waals surface area contributed by atoms with Gasteiger partial charge in [-0.25, -0.2) is 0 Å². The molecule has 0 heterocycles. The number of hydrogen-bond donors (Lipinski definition) is 0. The molecular weight excluding hydrogens is 889 g/mol. The van der Waals surface area contributed by atoms with Crippen molar-refractivity contribution in [2.45, 2.75) is 303 Å². The van der Waals surface area contributed by atoms with Gasteiger partial charge in [0.25, 0.3) is 0 Å². The minimum atomic E-state index is -0.778. The van der Waals surface area contributed by atoms with Crippen molar-refractivity contribution in [1.82, 2.24) is 0 Å². The first-order valence-electron chi connectivity index (χ1n) is 30.6. The summed E-state index contributed by atoms with van der Waals surface area (Å²) in [6.07, 6.45) is 78.8. The molecular formula is C66H114O6. The molecule has 6 heteroatoms. The monoisotopic (exact) mass is 1000 g/mol. The van der Waals surface area contributed by atoms with E-state index in [0.717, 1.165) is 103 Å². The molecule has 1 atom stereocenters. The third kappa shape index (κ3) is 57.5. The fourth-order valence-electron chi connectivity index (χ4n) is 8.56. The van der Waals surface area contributed by atoms with Crippen LogP contribution in [0.3, 0.4) is 0 Å². The molecule has 0 saturated heterocycles. The van der Waals surface area contributed by atoms with Crippen LogP contribution in [-0.2, 0) is 28.6 Å². The van der Waals surface area contributed by atoms with Crippen molar-refractivity contribution in [3.63, 3.8) is 0 Å². The molecule has 0 aliphatic heterocycles. The van der Waals surface area contributed by atoms with E-state index in [-0.39, 0.29) is 31.1 Å². The maximum absolute atomic E-state index is 12.8. The first-order valence-corrected chi connectivity index (χ1v) is 30.6. The highest BCUT2D eigenvalue weighted by atomic mass is 16.6. The van der Waals surface area contributed by atoms with Crippen molar-refractivity contribution >= 4 is 17.9 Å². The fraction of sp³-hybridized carbons (Fsp3) is 0.742. The van der Waals surface area contributed by atoms with E-state index in [0.29, 0.717) is 19.3 Å². The molecule has 6 nitrogen and oxygen atoms in total. The zero-order chi connectivity index (χ0) is 52.2. The zero-order valence-electron chi connectivity index (χ0n) is 47.4. The smallest absolute Gasteiger partial charge is 0.306 e.